The molecule has 0 aromatic heterocycles. The monoisotopic (exact) mass is 249 g/mol. The van der Waals surface area contributed by atoms with E-state index >= 15 is 0 Å². The Balaban J connectivity index is 1.92. The van der Waals surface area contributed by atoms with Gasteiger partial charge in [-0.2, -0.15) is 0 Å². The molecule has 3 heteroatoms. The molecule has 1 aromatic carbocycles. The number of aliphatic hydroxyl groups is 1. The number of benzene rings is 1. The van der Waals surface area contributed by atoms with Gasteiger partial charge >= 0.3 is 0 Å². The fourth-order valence-corrected chi connectivity index (χ4v) is 2.63. The highest BCUT2D eigenvalue weighted by atomic mass is 16.5. The smallest absolute Gasteiger partial charge is 0.118 e. The number of aliphatic hydroxyl groups excluding tert-OH is 1. The van der Waals surface area contributed by atoms with Crippen LogP contribution >= 0.6 is 0 Å². The molecule has 1 aromatic rings. The van der Waals surface area contributed by atoms with Gasteiger partial charge in [-0.3, -0.25) is 4.90 Å². The third-order valence-electron chi connectivity index (χ3n) is 3.87. The molecule has 0 spiro atoms. The molecule has 100 valence electrons. The lowest BCUT2D eigenvalue weighted by Gasteiger charge is -2.35. The van der Waals surface area contributed by atoms with E-state index in [1.54, 1.807) is 7.11 Å². The molecule has 0 aliphatic carbocycles. The topological polar surface area (TPSA) is 32.7 Å². The van der Waals surface area contributed by atoms with Gasteiger partial charge in [0, 0.05) is 19.6 Å². The van der Waals surface area contributed by atoms with E-state index in [2.05, 4.69) is 24.0 Å². The Morgan fingerprint density at radius 3 is 2.67 bits per heavy atom. The van der Waals surface area contributed by atoms with Crippen LogP contribution in [0, 0.1) is 5.92 Å². The first-order valence-corrected chi connectivity index (χ1v) is 6.76. The van der Waals surface area contributed by atoms with E-state index in [4.69, 9.17) is 4.74 Å². The quantitative estimate of drug-likeness (QED) is 0.888. The minimum Gasteiger partial charge on any atom is -0.497 e. The number of methoxy groups -OCH3 is 1. The van der Waals surface area contributed by atoms with Gasteiger partial charge in [0.15, 0.2) is 0 Å². The second-order valence-electron chi connectivity index (χ2n) is 5.11. The van der Waals surface area contributed by atoms with Gasteiger partial charge in [0.2, 0.25) is 0 Å². The van der Waals surface area contributed by atoms with Crippen molar-refractivity contribution >= 4 is 0 Å². The summed E-state index contributed by atoms with van der Waals surface area (Å²) in [4.78, 5) is 2.43. The van der Waals surface area contributed by atoms with E-state index in [9.17, 15) is 5.11 Å². The summed E-state index contributed by atoms with van der Waals surface area (Å²) in [6, 6.07) is 8.24. The molecule has 2 rings (SSSR count). The van der Waals surface area contributed by atoms with Crippen LogP contribution in [-0.4, -0.2) is 36.3 Å². The lowest BCUT2D eigenvalue weighted by Crippen LogP contribution is -2.42. The maximum absolute atomic E-state index is 9.88. The second kappa shape index (κ2) is 6.21. The third kappa shape index (κ3) is 3.24. The highest BCUT2D eigenvalue weighted by Gasteiger charge is 2.26. The van der Waals surface area contributed by atoms with Crippen LogP contribution < -0.4 is 4.74 Å². The largest absolute Gasteiger partial charge is 0.497 e. The van der Waals surface area contributed by atoms with Gasteiger partial charge in [0.25, 0.3) is 0 Å². The molecule has 1 heterocycles. The Hall–Kier alpha value is -1.06. The molecule has 2 atom stereocenters. The Morgan fingerprint density at radius 1 is 1.33 bits per heavy atom. The highest BCUT2D eigenvalue weighted by molar-refractivity contribution is 5.27. The van der Waals surface area contributed by atoms with Crippen LogP contribution in [0.15, 0.2) is 24.3 Å². The van der Waals surface area contributed by atoms with Crippen molar-refractivity contribution in [1.82, 2.24) is 4.90 Å². The fraction of sp³-hybridized carbons (Fsp3) is 0.600. The van der Waals surface area contributed by atoms with Crippen LogP contribution in [0.3, 0.4) is 0 Å². The first-order chi connectivity index (χ1) is 8.72. The number of hydrogen-bond acceptors (Lipinski definition) is 3. The zero-order valence-corrected chi connectivity index (χ0v) is 11.3. The lowest BCUT2D eigenvalue weighted by atomic mass is 9.92. The van der Waals surface area contributed by atoms with Gasteiger partial charge in [-0.1, -0.05) is 19.1 Å². The zero-order chi connectivity index (χ0) is 13.0. The average Bonchev–Trinajstić information content (AvgIpc) is 2.42. The van der Waals surface area contributed by atoms with Gasteiger partial charge in [-0.15, -0.1) is 0 Å². The molecule has 1 N–H and O–H groups in total. The summed E-state index contributed by atoms with van der Waals surface area (Å²) in [5.74, 6) is 1.33. The molecule has 1 aliphatic heterocycles. The normalized spacial score (nSPS) is 25.1. The molecule has 2 unspecified atom stereocenters. The van der Waals surface area contributed by atoms with Crippen molar-refractivity contribution in [2.45, 2.75) is 32.4 Å². The molecule has 0 saturated carbocycles. The van der Waals surface area contributed by atoms with Gasteiger partial charge in [0.05, 0.1) is 13.2 Å². The molecule has 1 aliphatic rings. The average molecular weight is 249 g/mol. The maximum atomic E-state index is 9.88. The summed E-state index contributed by atoms with van der Waals surface area (Å²) < 4.78 is 5.16. The van der Waals surface area contributed by atoms with Crippen LogP contribution in [0.25, 0.3) is 0 Å². The number of likely N-dealkylation sites (tertiary alicyclic amines) is 1. The summed E-state index contributed by atoms with van der Waals surface area (Å²) in [6.45, 7) is 5.12. The number of piperidine rings is 1. The molecule has 0 radical (unpaired) electrons. The van der Waals surface area contributed by atoms with Crippen LogP contribution in [-0.2, 0) is 6.54 Å². The lowest BCUT2D eigenvalue weighted by molar-refractivity contribution is 0.0222. The molecule has 3 nitrogen and oxygen atoms in total. The summed E-state index contributed by atoms with van der Waals surface area (Å²) in [5, 5.41) is 9.88. The number of ether oxygens (including phenoxy) is 1. The maximum Gasteiger partial charge on any atom is 0.118 e. The van der Waals surface area contributed by atoms with Crippen LogP contribution in [0.5, 0.6) is 5.75 Å². The van der Waals surface area contributed by atoms with E-state index in [1.165, 1.54) is 5.56 Å². The number of nitrogens with zero attached hydrogens (tertiary/aromatic N) is 1. The van der Waals surface area contributed by atoms with Crippen LogP contribution in [0.4, 0.5) is 0 Å². The zero-order valence-electron chi connectivity index (χ0n) is 11.3. The molecule has 0 amide bonds. The van der Waals surface area contributed by atoms with E-state index in [1.807, 2.05) is 12.1 Å². The molecule has 18 heavy (non-hydrogen) atoms. The van der Waals surface area contributed by atoms with Gasteiger partial charge in [0.1, 0.15) is 5.75 Å². The summed E-state index contributed by atoms with van der Waals surface area (Å²) in [6.07, 6.45) is 1.84. The Kier molecular flexibility index (Phi) is 4.61. The van der Waals surface area contributed by atoms with Crippen molar-refractivity contribution in [2.75, 3.05) is 20.2 Å². The summed E-state index contributed by atoms with van der Waals surface area (Å²) in [5.41, 5.74) is 1.31. The van der Waals surface area contributed by atoms with E-state index < -0.39 is 0 Å². The standard InChI is InChI=1S/C15H23NO2/c1-3-13-11-16(9-8-15(13)17)10-12-4-6-14(18-2)7-5-12/h4-7,13,15,17H,3,8-11H2,1-2H3. The number of hydrogen-bond donors (Lipinski definition) is 1. The second-order valence-corrected chi connectivity index (χ2v) is 5.11. The molecule has 1 fully saturated rings. The summed E-state index contributed by atoms with van der Waals surface area (Å²) >= 11 is 0. The fourth-order valence-electron chi connectivity index (χ4n) is 2.63. The van der Waals surface area contributed by atoms with Crippen molar-refractivity contribution in [1.29, 1.82) is 0 Å². The SMILES string of the molecule is CCC1CN(Cc2ccc(OC)cc2)CCC1O. The van der Waals surface area contributed by atoms with Crippen molar-refractivity contribution in [3.8, 4) is 5.75 Å². The van der Waals surface area contributed by atoms with E-state index in [-0.39, 0.29) is 6.10 Å². The Labute approximate surface area is 109 Å². The summed E-state index contributed by atoms with van der Waals surface area (Å²) in [7, 11) is 1.69. The Bertz CT molecular complexity index is 363. The predicted octanol–water partition coefficient (Wildman–Crippen LogP) is 2.29. The first kappa shape index (κ1) is 13.4. The van der Waals surface area contributed by atoms with Crippen LogP contribution in [0.2, 0.25) is 0 Å². The molecular weight excluding hydrogens is 226 g/mol. The van der Waals surface area contributed by atoms with E-state index in [0.29, 0.717) is 5.92 Å². The van der Waals surface area contributed by atoms with Gasteiger partial charge < -0.3 is 9.84 Å². The first-order valence-electron chi connectivity index (χ1n) is 6.76. The van der Waals surface area contributed by atoms with Gasteiger partial charge in [-0.25, -0.2) is 0 Å². The predicted molar refractivity (Wildman–Crippen MR) is 72.7 cm³/mol. The minimum atomic E-state index is -0.109. The minimum absolute atomic E-state index is 0.109. The molecule has 1 saturated heterocycles. The molecule has 0 bridgehead atoms. The molecular formula is C15H23NO2. The van der Waals surface area contributed by atoms with Crippen molar-refractivity contribution in [2.24, 2.45) is 5.92 Å². The highest BCUT2D eigenvalue weighted by Crippen LogP contribution is 2.22. The number of rotatable bonds is 4. The Morgan fingerprint density at radius 2 is 2.06 bits per heavy atom. The van der Waals surface area contributed by atoms with Crippen LogP contribution in [0.1, 0.15) is 25.3 Å². The van der Waals surface area contributed by atoms with E-state index in [0.717, 1.165) is 38.2 Å². The van der Waals surface area contributed by atoms with Crippen molar-refractivity contribution in [3.05, 3.63) is 29.8 Å². The van der Waals surface area contributed by atoms with Crippen molar-refractivity contribution in [3.63, 3.8) is 0 Å². The van der Waals surface area contributed by atoms with Crippen molar-refractivity contribution < 1.29 is 9.84 Å². The third-order valence-corrected chi connectivity index (χ3v) is 3.87. The van der Waals surface area contributed by atoms with Gasteiger partial charge in [-0.05, 0) is 36.5 Å².